The molecule has 4 aliphatic heterocycles. The lowest BCUT2D eigenvalue weighted by atomic mass is 9.75. The molecule has 0 aliphatic carbocycles. The number of aliphatic hydroxyl groups excluding tert-OH is 1. The second-order valence-corrected chi connectivity index (χ2v) is 6.87. The van der Waals surface area contributed by atoms with Gasteiger partial charge in [0.1, 0.15) is 18.2 Å². The predicted octanol–water partition coefficient (Wildman–Crippen LogP) is 1.35. The summed E-state index contributed by atoms with van der Waals surface area (Å²) < 4.78 is 27.3. The normalized spacial score (nSPS) is 35.4. The van der Waals surface area contributed by atoms with Gasteiger partial charge in [0.2, 0.25) is 5.91 Å². The third-order valence-electron chi connectivity index (χ3n) is 5.76. The molecule has 124 valence electrons. The fourth-order valence-corrected chi connectivity index (χ4v) is 4.88. The molecule has 5 rings (SSSR count). The van der Waals surface area contributed by atoms with Gasteiger partial charge in [-0.1, -0.05) is 0 Å². The van der Waals surface area contributed by atoms with Crippen LogP contribution in [0.3, 0.4) is 0 Å². The van der Waals surface area contributed by atoms with E-state index in [-0.39, 0.29) is 23.9 Å². The number of nitrogens with zero attached hydrogens (tertiary/aromatic N) is 2. The van der Waals surface area contributed by atoms with Crippen molar-refractivity contribution in [2.75, 3.05) is 26.2 Å². The first-order valence-corrected chi connectivity index (χ1v) is 8.19. The first-order chi connectivity index (χ1) is 11.1. The summed E-state index contributed by atoms with van der Waals surface area (Å²) in [6, 6.07) is 3.77. The van der Waals surface area contributed by atoms with Crippen molar-refractivity contribution in [3.8, 4) is 0 Å². The van der Waals surface area contributed by atoms with Gasteiger partial charge in [-0.05, 0) is 49.5 Å². The number of rotatable bonds is 2. The number of piperidine rings is 3. The van der Waals surface area contributed by atoms with Gasteiger partial charge < -0.3 is 10.0 Å². The van der Waals surface area contributed by atoms with Gasteiger partial charge in [0.05, 0.1) is 6.04 Å². The molecule has 4 nitrogen and oxygen atoms in total. The average Bonchev–Trinajstić information content (AvgIpc) is 2.97. The van der Waals surface area contributed by atoms with Crippen molar-refractivity contribution in [2.24, 2.45) is 5.92 Å². The lowest BCUT2D eigenvalue weighted by Gasteiger charge is -2.51. The van der Waals surface area contributed by atoms with Crippen molar-refractivity contribution in [1.29, 1.82) is 0 Å². The molecule has 1 aromatic carbocycles. The number of benzene rings is 1. The minimum atomic E-state index is -0.584. The average molecular weight is 322 g/mol. The van der Waals surface area contributed by atoms with Gasteiger partial charge >= 0.3 is 0 Å². The van der Waals surface area contributed by atoms with Crippen LogP contribution in [-0.2, 0) is 4.79 Å². The van der Waals surface area contributed by atoms with Crippen LogP contribution in [0.4, 0.5) is 8.78 Å². The van der Waals surface area contributed by atoms with E-state index in [0.717, 1.165) is 32.0 Å². The zero-order valence-corrected chi connectivity index (χ0v) is 12.8. The Labute approximate surface area is 133 Å². The molecule has 4 saturated heterocycles. The molecule has 1 aromatic rings. The number of likely N-dealkylation sites (tertiary alicyclic amines) is 1. The van der Waals surface area contributed by atoms with Gasteiger partial charge in [-0.25, -0.2) is 8.78 Å². The summed E-state index contributed by atoms with van der Waals surface area (Å²) in [7, 11) is 0. The maximum Gasteiger partial charge on any atom is 0.248 e. The Kier molecular flexibility index (Phi) is 3.61. The first kappa shape index (κ1) is 15.0. The highest BCUT2D eigenvalue weighted by atomic mass is 19.1. The third-order valence-corrected chi connectivity index (χ3v) is 5.76. The highest BCUT2D eigenvalue weighted by Gasteiger charge is 2.54. The molecule has 4 aliphatic rings. The van der Waals surface area contributed by atoms with Gasteiger partial charge in [-0.2, -0.15) is 0 Å². The molecule has 0 saturated carbocycles. The number of aliphatic hydroxyl groups is 1. The summed E-state index contributed by atoms with van der Waals surface area (Å²) in [5.41, 5.74) is 0.610. The summed E-state index contributed by atoms with van der Waals surface area (Å²) in [6.45, 7) is 1.85. The molecule has 4 heterocycles. The van der Waals surface area contributed by atoms with E-state index in [0.29, 0.717) is 18.0 Å². The highest BCUT2D eigenvalue weighted by Crippen LogP contribution is 2.46. The van der Waals surface area contributed by atoms with Crippen LogP contribution >= 0.6 is 0 Å². The van der Waals surface area contributed by atoms with Crippen LogP contribution in [0.5, 0.6) is 0 Å². The molecule has 0 aromatic heterocycles. The molecular weight excluding hydrogens is 302 g/mol. The fourth-order valence-electron chi connectivity index (χ4n) is 4.88. The van der Waals surface area contributed by atoms with E-state index in [1.165, 1.54) is 12.1 Å². The van der Waals surface area contributed by atoms with Crippen LogP contribution in [0.15, 0.2) is 18.2 Å². The predicted molar refractivity (Wildman–Crippen MR) is 79.8 cm³/mol. The molecule has 0 radical (unpaired) electrons. The minimum absolute atomic E-state index is 0.0495. The standard InChI is InChI=1S/C17H20F2N2O2/c18-12-5-11(6-13(19)7-12)14-8-21(15(23)9-22)16-10-1-3-20(4-2-10)17(14)16/h5-7,10,14,16-17,22H,1-4,8-9H2/t14-,16+,17+/m0/s1. The number of carbonyl (C=O) groups excluding carboxylic acids is 1. The summed E-state index contributed by atoms with van der Waals surface area (Å²) in [5, 5.41) is 9.28. The Morgan fingerprint density at radius 1 is 1.13 bits per heavy atom. The SMILES string of the molecule is O=C(CO)N1C[C@@H](c2cc(F)cc(F)c2)[C@@H]2[C@H]1C1CCN2CC1. The Bertz CT molecular complexity index is 611. The van der Waals surface area contributed by atoms with Crippen LogP contribution in [0, 0.1) is 17.6 Å². The first-order valence-electron chi connectivity index (χ1n) is 8.19. The number of halogens is 2. The Balaban J connectivity index is 1.74. The van der Waals surface area contributed by atoms with E-state index in [2.05, 4.69) is 4.90 Å². The van der Waals surface area contributed by atoms with E-state index in [9.17, 15) is 18.7 Å². The Morgan fingerprint density at radius 3 is 2.39 bits per heavy atom. The van der Waals surface area contributed by atoms with Crippen LogP contribution in [0.1, 0.15) is 24.3 Å². The topological polar surface area (TPSA) is 43.8 Å². The quantitative estimate of drug-likeness (QED) is 0.894. The zero-order valence-electron chi connectivity index (χ0n) is 12.8. The Hall–Kier alpha value is -1.53. The second-order valence-electron chi connectivity index (χ2n) is 6.87. The number of hydrogen-bond donors (Lipinski definition) is 1. The van der Waals surface area contributed by atoms with Crippen LogP contribution in [0.2, 0.25) is 0 Å². The van der Waals surface area contributed by atoms with Gasteiger partial charge in [0.15, 0.2) is 0 Å². The highest BCUT2D eigenvalue weighted by molar-refractivity contribution is 5.78. The van der Waals surface area contributed by atoms with Crippen molar-refractivity contribution in [3.63, 3.8) is 0 Å². The van der Waals surface area contributed by atoms with Crippen molar-refractivity contribution >= 4 is 5.91 Å². The molecule has 4 fully saturated rings. The molecule has 1 amide bonds. The number of amides is 1. The van der Waals surface area contributed by atoms with Crippen molar-refractivity contribution < 1.29 is 18.7 Å². The molecule has 3 atom stereocenters. The number of hydrogen-bond acceptors (Lipinski definition) is 3. The van der Waals surface area contributed by atoms with Crippen LogP contribution < -0.4 is 0 Å². The smallest absolute Gasteiger partial charge is 0.248 e. The maximum absolute atomic E-state index is 13.6. The number of carbonyl (C=O) groups is 1. The maximum atomic E-state index is 13.6. The minimum Gasteiger partial charge on any atom is -0.387 e. The lowest BCUT2D eigenvalue weighted by molar-refractivity contribution is -0.138. The molecule has 1 N–H and O–H groups in total. The summed E-state index contributed by atoms with van der Waals surface area (Å²) in [4.78, 5) is 16.3. The molecule has 6 heteroatoms. The van der Waals surface area contributed by atoms with E-state index < -0.39 is 18.2 Å². The largest absolute Gasteiger partial charge is 0.387 e. The molecular formula is C17H20F2N2O2. The lowest BCUT2D eigenvalue weighted by Crippen LogP contribution is -2.61. The number of fused-ring (bicyclic) bond motifs is 2. The van der Waals surface area contributed by atoms with Gasteiger partial charge in [0.25, 0.3) is 0 Å². The molecule has 2 bridgehead atoms. The zero-order chi connectivity index (χ0) is 16.1. The second kappa shape index (κ2) is 5.53. The van der Waals surface area contributed by atoms with Crippen molar-refractivity contribution in [3.05, 3.63) is 35.4 Å². The van der Waals surface area contributed by atoms with Gasteiger partial charge in [-0.3, -0.25) is 9.69 Å². The Morgan fingerprint density at radius 2 is 1.78 bits per heavy atom. The summed E-state index contributed by atoms with van der Waals surface area (Å²) in [6.07, 6.45) is 2.08. The van der Waals surface area contributed by atoms with Crippen molar-refractivity contribution in [1.82, 2.24) is 9.80 Å². The fraction of sp³-hybridized carbons (Fsp3) is 0.588. The van der Waals surface area contributed by atoms with Crippen LogP contribution in [0.25, 0.3) is 0 Å². The summed E-state index contributed by atoms with van der Waals surface area (Å²) in [5.74, 6) is -1.14. The third kappa shape index (κ3) is 2.35. The molecule has 0 unspecified atom stereocenters. The molecule has 23 heavy (non-hydrogen) atoms. The van der Waals surface area contributed by atoms with Gasteiger partial charge in [-0.15, -0.1) is 0 Å². The van der Waals surface area contributed by atoms with E-state index >= 15 is 0 Å². The van der Waals surface area contributed by atoms with Gasteiger partial charge in [0, 0.05) is 24.6 Å². The monoisotopic (exact) mass is 322 g/mol. The molecule has 0 spiro atoms. The van der Waals surface area contributed by atoms with Crippen LogP contribution in [-0.4, -0.2) is 59.1 Å². The van der Waals surface area contributed by atoms with E-state index in [4.69, 9.17) is 0 Å². The van der Waals surface area contributed by atoms with E-state index in [1.54, 1.807) is 4.90 Å². The van der Waals surface area contributed by atoms with Crippen molar-refractivity contribution in [2.45, 2.75) is 30.8 Å². The van der Waals surface area contributed by atoms with E-state index in [1.807, 2.05) is 0 Å². The summed E-state index contributed by atoms with van der Waals surface area (Å²) >= 11 is 0.